The largest absolute Gasteiger partial charge is 0.377 e. The van der Waals surface area contributed by atoms with Gasteiger partial charge in [0.2, 0.25) is 0 Å². The van der Waals surface area contributed by atoms with Gasteiger partial charge in [-0.3, -0.25) is 9.69 Å². The lowest BCUT2D eigenvalue weighted by Gasteiger charge is -2.35. The van der Waals surface area contributed by atoms with Crippen LogP contribution in [0.2, 0.25) is 0 Å². The molecule has 0 saturated carbocycles. The minimum absolute atomic E-state index is 0.153. The van der Waals surface area contributed by atoms with Crippen LogP contribution in [0.5, 0.6) is 0 Å². The van der Waals surface area contributed by atoms with E-state index in [1.54, 1.807) is 6.08 Å². The molecule has 2 fully saturated rings. The van der Waals surface area contributed by atoms with Gasteiger partial charge in [-0.2, -0.15) is 5.26 Å². The first-order valence-electron chi connectivity index (χ1n) is 10.4. The molecule has 1 atom stereocenters. The van der Waals surface area contributed by atoms with E-state index in [0.29, 0.717) is 19.2 Å². The lowest BCUT2D eigenvalue weighted by Crippen LogP contribution is -2.50. The van der Waals surface area contributed by atoms with Gasteiger partial charge in [0.05, 0.1) is 6.10 Å². The fourth-order valence-electron chi connectivity index (χ4n) is 4.22. The molecule has 6 heteroatoms. The lowest BCUT2D eigenvalue weighted by molar-refractivity contribution is -0.128. The van der Waals surface area contributed by atoms with Gasteiger partial charge in [-0.1, -0.05) is 6.92 Å². The highest BCUT2D eigenvalue weighted by molar-refractivity contribution is 6.01. The molecule has 0 N–H and O–H groups in total. The Morgan fingerprint density at radius 3 is 2.68 bits per heavy atom. The molecule has 3 rings (SSSR count). The molecule has 152 valence electrons. The predicted molar refractivity (Wildman–Crippen MR) is 110 cm³/mol. The van der Waals surface area contributed by atoms with Crippen molar-refractivity contribution in [3.63, 3.8) is 0 Å². The third-order valence-corrected chi connectivity index (χ3v) is 5.86. The highest BCUT2D eigenvalue weighted by Gasteiger charge is 2.26. The Kier molecular flexibility index (Phi) is 6.93. The van der Waals surface area contributed by atoms with Gasteiger partial charge in [0, 0.05) is 57.3 Å². The van der Waals surface area contributed by atoms with Gasteiger partial charge in [-0.05, 0) is 50.8 Å². The summed E-state index contributed by atoms with van der Waals surface area (Å²) >= 11 is 0. The monoisotopic (exact) mass is 384 g/mol. The van der Waals surface area contributed by atoms with Crippen LogP contribution in [0.4, 0.5) is 0 Å². The zero-order valence-electron chi connectivity index (χ0n) is 17.4. The molecule has 0 bridgehead atoms. The molecule has 3 heterocycles. The first kappa shape index (κ1) is 20.6. The Labute approximate surface area is 168 Å². The maximum atomic E-state index is 12.9. The molecule has 1 unspecified atom stereocenters. The van der Waals surface area contributed by atoms with E-state index < -0.39 is 0 Å². The van der Waals surface area contributed by atoms with Crippen molar-refractivity contribution in [1.82, 2.24) is 14.4 Å². The number of hydrogen-bond acceptors (Lipinski definition) is 4. The second-order valence-electron chi connectivity index (χ2n) is 7.88. The van der Waals surface area contributed by atoms with E-state index in [4.69, 9.17) is 4.74 Å². The Morgan fingerprint density at radius 2 is 2.07 bits per heavy atom. The van der Waals surface area contributed by atoms with Gasteiger partial charge in [-0.25, -0.2) is 0 Å². The molecular weight excluding hydrogens is 352 g/mol. The third kappa shape index (κ3) is 4.65. The number of ether oxygens (including phenoxy) is 1. The number of piperazine rings is 1. The molecule has 0 spiro atoms. The molecule has 2 aliphatic heterocycles. The number of nitrogens with zero attached hydrogens (tertiary/aromatic N) is 4. The van der Waals surface area contributed by atoms with Gasteiger partial charge >= 0.3 is 0 Å². The summed E-state index contributed by atoms with van der Waals surface area (Å²) in [5.74, 6) is -0.153. The number of aromatic nitrogens is 1. The van der Waals surface area contributed by atoms with E-state index in [1.165, 1.54) is 0 Å². The number of amides is 1. The summed E-state index contributed by atoms with van der Waals surface area (Å²) in [6, 6.07) is 4.20. The SMILES string of the molecule is CCCn1c(C)cc(C=C(C#N)C(=O)N2CCN(CC3CCCO3)CC2)c1C. The highest BCUT2D eigenvalue weighted by Crippen LogP contribution is 2.20. The molecule has 2 aliphatic rings. The number of hydrogen-bond donors (Lipinski definition) is 0. The minimum Gasteiger partial charge on any atom is -0.377 e. The van der Waals surface area contributed by atoms with Crippen LogP contribution in [0, 0.1) is 25.2 Å². The molecule has 1 aromatic rings. The topological polar surface area (TPSA) is 61.5 Å². The summed E-state index contributed by atoms with van der Waals surface area (Å²) in [5.41, 5.74) is 3.47. The van der Waals surface area contributed by atoms with Crippen molar-refractivity contribution in [3.8, 4) is 6.07 Å². The van der Waals surface area contributed by atoms with Gasteiger partial charge < -0.3 is 14.2 Å². The second kappa shape index (κ2) is 9.40. The van der Waals surface area contributed by atoms with Crippen LogP contribution in [-0.4, -0.2) is 65.7 Å². The lowest BCUT2D eigenvalue weighted by atomic mass is 10.1. The first-order valence-corrected chi connectivity index (χ1v) is 10.4. The highest BCUT2D eigenvalue weighted by atomic mass is 16.5. The normalized spacial score (nSPS) is 21.1. The third-order valence-electron chi connectivity index (χ3n) is 5.86. The van der Waals surface area contributed by atoms with Crippen molar-refractivity contribution in [2.45, 2.75) is 52.7 Å². The van der Waals surface area contributed by atoms with E-state index >= 15 is 0 Å². The number of rotatable bonds is 6. The average Bonchev–Trinajstić information content (AvgIpc) is 3.30. The summed E-state index contributed by atoms with van der Waals surface area (Å²) in [4.78, 5) is 17.1. The van der Waals surface area contributed by atoms with Crippen molar-refractivity contribution in [1.29, 1.82) is 5.26 Å². The fourth-order valence-corrected chi connectivity index (χ4v) is 4.22. The zero-order valence-corrected chi connectivity index (χ0v) is 17.4. The van der Waals surface area contributed by atoms with Crippen molar-refractivity contribution in [2.75, 3.05) is 39.3 Å². The van der Waals surface area contributed by atoms with Crippen molar-refractivity contribution >= 4 is 12.0 Å². The molecule has 0 radical (unpaired) electrons. The Morgan fingerprint density at radius 1 is 1.32 bits per heavy atom. The van der Waals surface area contributed by atoms with Crippen LogP contribution < -0.4 is 0 Å². The van der Waals surface area contributed by atoms with E-state index in [0.717, 1.165) is 69.0 Å². The van der Waals surface area contributed by atoms with Crippen molar-refractivity contribution in [3.05, 3.63) is 28.6 Å². The van der Waals surface area contributed by atoms with Gasteiger partial charge in [-0.15, -0.1) is 0 Å². The maximum absolute atomic E-state index is 12.9. The summed E-state index contributed by atoms with van der Waals surface area (Å²) in [6.45, 7) is 12.1. The molecule has 1 amide bonds. The van der Waals surface area contributed by atoms with Crippen LogP contribution in [0.1, 0.15) is 43.1 Å². The van der Waals surface area contributed by atoms with Gasteiger partial charge in [0.25, 0.3) is 5.91 Å². The molecule has 0 aromatic carbocycles. The van der Waals surface area contributed by atoms with Gasteiger partial charge in [0.15, 0.2) is 0 Å². The smallest absolute Gasteiger partial charge is 0.264 e. The summed E-state index contributed by atoms with van der Waals surface area (Å²) in [5, 5.41) is 9.60. The minimum atomic E-state index is -0.153. The Hall–Kier alpha value is -2.10. The molecule has 0 aliphatic carbocycles. The van der Waals surface area contributed by atoms with Crippen LogP contribution in [-0.2, 0) is 16.1 Å². The van der Waals surface area contributed by atoms with Crippen LogP contribution in [0.15, 0.2) is 11.6 Å². The molecule has 28 heavy (non-hydrogen) atoms. The summed E-state index contributed by atoms with van der Waals surface area (Å²) in [7, 11) is 0. The fraction of sp³-hybridized carbons (Fsp3) is 0.636. The average molecular weight is 385 g/mol. The first-order chi connectivity index (χ1) is 13.5. The zero-order chi connectivity index (χ0) is 20.1. The van der Waals surface area contributed by atoms with E-state index in [1.807, 2.05) is 4.90 Å². The second-order valence-corrected chi connectivity index (χ2v) is 7.88. The maximum Gasteiger partial charge on any atom is 0.264 e. The predicted octanol–water partition coefficient (Wildman–Crippen LogP) is 2.75. The van der Waals surface area contributed by atoms with Crippen LogP contribution in [0.3, 0.4) is 0 Å². The molecule has 6 nitrogen and oxygen atoms in total. The number of carbonyl (C=O) groups is 1. The quantitative estimate of drug-likeness (QED) is 0.559. The van der Waals surface area contributed by atoms with Gasteiger partial charge in [0.1, 0.15) is 11.6 Å². The van der Waals surface area contributed by atoms with E-state index in [-0.39, 0.29) is 11.5 Å². The number of aryl methyl sites for hydroxylation is 1. The molecular formula is C22H32N4O2. The summed E-state index contributed by atoms with van der Waals surface area (Å²) < 4.78 is 7.96. The Balaban J connectivity index is 1.63. The van der Waals surface area contributed by atoms with Crippen molar-refractivity contribution < 1.29 is 9.53 Å². The molecule has 1 aromatic heterocycles. The van der Waals surface area contributed by atoms with Crippen LogP contribution >= 0.6 is 0 Å². The van der Waals surface area contributed by atoms with E-state index in [2.05, 4.69) is 42.4 Å². The van der Waals surface area contributed by atoms with Crippen molar-refractivity contribution in [2.24, 2.45) is 0 Å². The number of nitriles is 1. The Bertz CT molecular complexity index is 760. The standard InChI is InChI=1S/C22H32N4O2/c1-4-7-26-17(2)13-19(18(26)3)14-20(15-23)22(27)25-10-8-24(9-11-25)16-21-6-5-12-28-21/h13-14,21H,4-12,16H2,1-3H3. The van der Waals surface area contributed by atoms with Crippen LogP contribution in [0.25, 0.3) is 6.08 Å². The summed E-state index contributed by atoms with van der Waals surface area (Å²) in [6.07, 6.45) is 5.44. The molecule has 2 saturated heterocycles. The van der Waals surface area contributed by atoms with E-state index in [9.17, 15) is 10.1 Å². The number of carbonyl (C=O) groups excluding carboxylic acids is 1.